The summed E-state index contributed by atoms with van der Waals surface area (Å²) in [5.74, 6) is 3.02. The third-order valence-electron chi connectivity index (χ3n) is 4.65. The van der Waals surface area contributed by atoms with Gasteiger partial charge in [-0.1, -0.05) is 24.8 Å². The van der Waals surface area contributed by atoms with Crippen LogP contribution in [0.4, 0.5) is 5.82 Å². The minimum atomic E-state index is -3.72. The van der Waals surface area contributed by atoms with Gasteiger partial charge in [0.1, 0.15) is 5.82 Å². The molecule has 130 valence electrons. The zero-order valence-corrected chi connectivity index (χ0v) is 14.7. The Morgan fingerprint density at radius 3 is 2.88 bits per heavy atom. The normalized spacial score (nSPS) is 21.6. The summed E-state index contributed by atoms with van der Waals surface area (Å²) >= 11 is 0. The third-order valence-corrected chi connectivity index (χ3v) is 6.10. The molecule has 2 heterocycles. The van der Waals surface area contributed by atoms with E-state index in [1.165, 1.54) is 18.9 Å². The number of nitrogens with one attached hydrogen (secondary N) is 1. The van der Waals surface area contributed by atoms with Crippen molar-refractivity contribution >= 4 is 15.8 Å². The summed E-state index contributed by atoms with van der Waals surface area (Å²) in [7, 11) is -3.72. The quantitative estimate of drug-likeness (QED) is 0.835. The maximum Gasteiger partial charge on any atom is 0.259 e. The molecule has 1 unspecified atom stereocenters. The van der Waals surface area contributed by atoms with E-state index < -0.39 is 16.1 Å². The molecular formula is C17H23N3O3S. The Bertz CT molecular complexity index is 736. The van der Waals surface area contributed by atoms with Gasteiger partial charge in [-0.05, 0) is 31.9 Å². The van der Waals surface area contributed by atoms with Crippen LogP contribution >= 0.6 is 0 Å². The Labute approximate surface area is 143 Å². The molecular weight excluding hydrogens is 326 g/mol. The first-order chi connectivity index (χ1) is 11.4. The lowest BCUT2D eigenvalue weighted by Crippen LogP contribution is -2.50. The molecule has 0 bridgehead atoms. The summed E-state index contributed by atoms with van der Waals surface area (Å²) in [5.41, 5.74) is -0.0922. The number of anilines is 1. The van der Waals surface area contributed by atoms with E-state index in [-0.39, 0.29) is 10.6 Å². The molecule has 0 radical (unpaired) electrons. The van der Waals surface area contributed by atoms with Crippen molar-refractivity contribution in [2.24, 2.45) is 0 Å². The Morgan fingerprint density at radius 1 is 1.42 bits per heavy atom. The molecule has 1 saturated carbocycles. The maximum atomic E-state index is 12.4. The molecule has 2 aliphatic rings. The number of pyridine rings is 1. The van der Waals surface area contributed by atoms with Crippen LogP contribution < -0.4 is 9.62 Å². The van der Waals surface area contributed by atoms with E-state index in [4.69, 9.17) is 11.2 Å². The lowest BCUT2D eigenvalue weighted by Gasteiger charge is -2.41. The van der Waals surface area contributed by atoms with Crippen molar-refractivity contribution < 1.29 is 13.2 Å². The van der Waals surface area contributed by atoms with Crippen molar-refractivity contribution in [3.05, 3.63) is 18.2 Å². The summed E-state index contributed by atoms with van der Waals surface area (Å²) in [4.78, 5) is 6.48. The summed E-state index contributed by atoms with van der Waals surface area (Å²) in [5, 5.41) is -0.00550. The number of hydrogen-bond donors (Lipinski definition) is 1. The molecule has 0 amide bonds. The van der Waals surface area contributed by atoms with Gasteiger partial charge in [0.15, 0.2) is 5.03 Å². The molecule has 24 heavy (non-hydrogen) atoms. The fourth-order valence-corrected chi connectivity index (χ4v) is 4.54. The van der Waals surface area contributed by atoms with Crippen LogP contribution in [0.15, 0.2) is 23.2 Å². The number of terminal acetylenes is 1. The Morgan fingerprint density at radius 2 is 2.17 bits per heavy atom. The SMILES string of the molecule is C#CC(C)NS(=O)(=O)c1cccc(N2CCOC3(CCCC3)C2)n1. The number of hydrogen-bond acceptors (Lipinski definition) is 5. The zero-order valence-electron chi connectivity index (χ0n) is 13.9. The predicted molar refractivity (Wildman–Crippen MR) is 92.2 cm³/mol. The van der Waals surface area contributed by atoms with Gasteiger partial charge in [0, 0.05) is 13.1 Å². The van der Waals surface area contributed by atoms with Crippen LogP contribution in [0.5, 0.6) is 0 Å². The van der Waals surface area contributed by atoms with Gasteiger partial charge in [-0.2, -0.15) is 4.72 Å². The standard InChI is InChI=1S/C17H23N3O3S/c1-3-14(2)19-24(21,22)16-8-6-7-15(18-16)20-11-12-23-17(13-20)9-4-5-10-17/h1,6-8,14,19H,4-5,9-13H2,2H3. The molecule has 1 aromatic heterocycles. The van der Waals surface area contributed by atoms with Gasteiger partial charge < -0.3 is 9.64 Å². The Kier molecular flexibility index (Phi) is 4.81. The second-order valence-corrected chi connectivity index (χ2v) is 8.16. The van der Waals surface area contributed by atoms with Gasteiger partial charge in [0.05, 0.1) is 18.2 Å². The van der Waals surface area contributed by atoms with E-state index in [1.807, 2.05) is 6.07 Å². The summed E-state index contributed by atoms with van der Waals surface area (Å²) in [6, 6.07) is 4.47. The lowest BCUT2D eigenvalue weighted by atomic mass is 10.00. The lowest BCUT2D eigenvalue weighted by molar-refractivity contribution is -0.0503. The van der Waals surface area contributed by atoms with Crippen molar-refractivity contribution in [2.75, 3.05) is 24.6 Å². The van der Waals surface area contributed by atoms with Crippen LogP contribution in [0.2, 0.25) is 0 Å². The van der Waals surface area contributed by atoms with E-state index in [9.17, 15) is 8.42 Å². The first-order valence-electron chi connectivity index (χ1n) is 8.29. The monoisotopic (exact) mass is 349 g/mol. The molecule has 1 atom stereocenters. The highest BCUT2D eigenvalue weighted by Gasteiger charge is 2.39. The minimum absolute atomic E-state index is 0.00550. The summed E-state index contributed by atoms with van der Waals surface area (Å²) in [6.07, 6.45) is 9.74. The Hall–Kier alpha value is -1.62. The minimum Gasteiger partial charge on any atom is -0.371 e. The maximum absolute atomic E-state index is 12.4. The van der Waals surface area contributed by atoms with Crippen LogP contribution in [0.3, 0.4) is 0 Å². The van der Waals surface area contributed by atoms with E-state index in [2.05, 4.69) is 20.5 Å². The molecule has 1 aliphatic heterocycles. The molecule has 1 spiro atoms. The number of ether oxygens (including phenoxy) is 1. The smallest absolute Gasteiger partial charge is 0.259 e. The topological polar surface area (TPSA) is 71.5 Å². The van der Waals surface area contributed by atoms with Gasteiger partial charge in [0.2, 0.25) is 0 Å². The largest absolute Gasteiger partial charge is 0.371 e. The molecule has 1 N–H and O–H groups in total. The van der Waals surface area contributed by atoms with Gasteiger partial charge in [0.25, 0.3) is 10.0 Å². The number of nitrogens with zero attached hydrogens (tertiary/aromatic N) is 2. The van der Waals surface area contributed by atoms with E-state index in [1.54, 1.807) is 13.0 Å². The highest BCUT2D eigenvalue weighted by molar-refractivity contribution is 7.89. The molecule has 1 saturated heterocycles. The second kappa shape index (κ2) is 6.71. The van der Waals surface area contributed by atoms with Crippen molar-refractivity contribution in [3.63, 3.8) is 0 Å². The Balaban J connectivity index is 1.81. The fourth-order valence-electron chi connectivity index (χ4n) is 3.42. The van der Waals surface area contributed by atoms with Crippen molar-refractivity contribution in [1.82, 2.24) is 9.71 Å². The average molecular weight is 349 g/mol. The van der Waals surface area contributed by atoms with Crippen LogP contribution in [0.1, 0.15) is 32.6 Å². The number of sulfonamides is 1. The molecule has 1 aliphatic carbocycles. The van der Waals surface area contributed by atoms with E-state index in [0.29, 0.717) is 19.0 Å². The highest BCUT2D eigenvalue weighted by atomic mass is 32.2. The van der Waals surface area contributed by atoms with Crippen LogP contribution in [-0.2, 0) is 14.8 Å². The molecule has 3 rings (SSSR count). The number of morpholine rings is 1. The highest BCUT2D eigenvalue weighted by Crippen LogP contribution is 2.36. The summed E-state index contributed by atoms with van der Waals surface area (Å²) < 4.78 is 33.2. The predicted octanol–water partition coefficient (Wildman–Crippen LogP) is 1.53. The first-order valence-corrected chi connectivity index (χ1v) is 9.77. The molecule has 7 heteroatoms. The van der Waals surface area contributed by atoms with E-state index >= 15 is 0 Å². The van der Waals surface area contributed by atoms with Gasteiger partial charge in [-0.15, -0.1) is 6.42 Å². The zero-order chi connectivity index (χ0) is 17.2. The van der Waals surface area contributed by atoms with Gasteiger partial charge in [-0.25, -0.2) is 13.4 Å². The van der Waals surface area contributed by atoms with Gasteiger partial charge in [-0.3, -0.25) is 0 Å². The summed E-state index contributed by atoms with van der Waals surface area (Å²) in [6.45, 7) is 3.74. The fraction of sp³-hybridized carbons (Fsp3) is 0.588. The third kappa shape index (κ3) is 3.56. The molecule has 0 aromatic carbocycles. The van der Waals surface area contributed by atoms with E-state index in [0.717, 1.165) is 19.4 Å². The van der Waals surface area contributed by atoms with Crippen LogP contribution in [-0.4, -0.2) is 44.7 Å². The average Bonchev–Trinajstić information content (AvgIpc) is 3.02. The van der Waals surface area contributed by atoms with Crippen molar-refractivity contribution in [2.45, 2.75) is 49.3 Å². The van der Waals surface area contributed by atoms with Gasteiger partial charge >= 0.3 is 0 Å². The molecule has 6 nitrogen and oxygen atoms in total. The van der Waals surface area contributed by atoms with Crippen molar-refractivity contribution in [1.29, 1.82) is 0 Å². The molecule has 2 fully saturated rings. The number of aromatic nitrogens is 1. The van der Waals surface area contributed by atoms with Crippen molar-refractivity contribution in [3.8, 4) is 12.3 Å². The second-order valence-electron chi connectivity index (χ2n) is 6.50. The van der Waals surface area contributed by atoms with Crippen LogP contribution in [0.25, 0.3) is 0 Å². The molecule has 1 aromatic rings. The van der Waals surface area contributed by atoms with Crippen LogP contribution in [0, 0.1) is 12.3 Å². The number of rotatable bonds is 4. The first kappa shape index (κ1) is 17.2.